The van der Waals surface area contributed by atoms with Crippen LogP contribution in [0.2, 0.25) is 0 Å². The van der Waals surface area contributed by atoms with Gasteiger partial charge in [-0.15, -0.1) is 0 Å². The second kappa shape index (κ2) is 10.6. The molecule has 212 valence electrons. The van der Waals surface area contributed by atoms with E-state index in [0.717, 1.165) is 22.1 Å². The zero-order chi connectivity index (χ0) is 29.7. The van der Waals surface area contributed by atoms with E-state index in [2.05, 4.69) is 90.2 Å². The van der Waals surface area contributed by atoms with Crippen LogP contribution in [0.1, 0.15) is 10.9 Å². The molecule has 1 unspecified atom stereocenters. The van der Waals surface area contributed by atoms with Gasteiger partial charge >= 0.3 is 0 Å². The zero-order valence-corrected chi connectivity index (χ0v) is 25.0. The maximum absolute atomic E-state index is 4.95. The molecule has 8 aromatic rings. The molecule has 0 spiro atoms. The van der Waals surface area contributed by atoms with Crippen LogP contribution in [0.4, 0.5) is 5.69 Å². The number of rotatable bonds is 4. The normalized spacial score (nSPS) is 14.1. The molecular weight excluding hydrogens is 569 g/mol. The van der Waals surface area contributed by atoms with E-state index in [4.69, 9.17) is 15.0 Å². The molecule has 9 rings (SSSR count). The van der Waals surface area contributed by atoms with Crippen LogP contribution in [0, 0.1) is 0 Å². The smallest absolute Gasteiger partial charge is 0.164 e. The Morgan fingerprint density at radius 3 is 1.80 bits per heavy atom. The van der Waals surface area contributed by atoms with Crippen molar-refractivity contribution in [3.8, 4) is 34.2 Å². The third kappa shape index (κ3) is 4.60. The van der Waals surface area contributed by atoms with E-state index in [9.17, 15) is 0 Å². The molecular formula is C40H26N4S. The van der Waals surface area contributed by atoms with Crippen molar-refractivity contribution in [3.63, 3.8) is 0 Å². The van der Waals surface area contributed by atoms with Crippen LogP contribution in [0.15, 0.2) is 150 Å². The summed E-state index contributed by atoms with van der Waals surface area (Å²) in [6.07, 6.45) is 0. The first-order valence-corrected chi connectivity index (χ1v) is 15.9. The molecule has 45 heavy (non-hydrogen) atoms. The van der Waals surface area contributed by atoms with E-state index < -0.39 is 0 Å². The number of thioether (sulfide) groups is 1. The number of nitrogens with one attached hydrogen (secondary N) is 1. The summed E-state index contributed by atoms with van der Waals surface area (Å²) < 4.78 is 0. The van der Waals surface area contributed by atoms with Crippen molar-refractivity contribution < 1.29 is 0 Å². The molecule has 4 nitrogen and oxygen atoms in total. The monoisotopic (exact) mass is 594 g/mol. The lowest BCUT2D eigenvalue weighted by atomic mass is 9.98. The minimum absolute atomic E-state index is 0.155. The van der Waals surface area contributed by atoms with Gasteiger partial charge in [-0.3, -0.25) is 0 Å². The predicted molar refractivity (Wildman–Crippen MR) is 187 cm³/mol. The first-order chi connectivity index (χ1) is 22.3. The Balaban J connectivity index is 1.15. The molecule has 0 radical (unpaired) electrons. The second-order valence-corrected chi connectivity index (χ2v) is 12.5. The maximum Gasteiger partial charge on any atom is 0.164 e. The Hall–Kier alpha value is -5.52. The fraction of sp³-hybridized carbons (Fsp3) is 0.0250. The van der Waals surface area contributed by atoms with E-state index in [1.165, 1.54) is 43.1 Å². The number of hydrogen-bond acceptors (Lipinski definition) is 5. The molecule has 0 bridgehead atoms. The second-order valence-electron chi connectivity index (χ2n) is 11.3. The third-order valence-corrected chi connectivity index (χ3v) is 9.74. The van der Waals surface area contributed by atoms with Gasteiger partial charge in [0.15, 0.2) is 17.5 Å². The Morgan fingerprint density at radius 1 is 0.467 bits per heavy atom. The SMILES string of the molecule is c1ccc(-c2nc(-c3ccccc3)nc(-c3ccc4c(ccc5ccc6c(c54)NC(c4ccc5ccccc5c4)S6)c3)n2)cc1. The van der Waals surface area contributed by atoms with E-state index >= 15 is 0 Å². The Morgan fingerprint density at radius 2 is 1.07 bits per heavy atom. The van der Waals surface area contributed by atoms with Crippen molar-refractivity contribution in [2.75, 3.05) is 5.32 Å². The number of aromatic nitrogens is 3. The highest BCUT2D eigenvalue weighted by Gasteiger charge is 2.26. The Kier molecular flexibility index (Phi) is 6.10. The van der Waals surface area contributed by atoms with Crippen LogP contribution in [0.25, 0.3) is 66.5 Å². The van der Waals surface area contributed by atoms with Crippen LogP contribution in [-0.2, 0) is 0 Å². The lowest BCUT2D eigenvalue weighted by molar-refractivity contribution is 1.07. The van der Waals surface area contributed by atoms with Gasteiger partial charge in [-0.05, 0) is 50.7 Å². The summed E-state index contributed by atoms with van der Waals surface area (Å²) in [5, 5.41) is 11.4. The van der Waals surface area contributed by atoms with Gasteiger partial charge in [0.2, 0.25) is 0 Å². The number of anilines is 1. The molecule has 0 saturated heterocycles. The quantitative estimate of drug-likeness (QED) is 0.205. The first kappa shape index (κ1) is 25.9. The average Bonchev–Trinajstić information content (AvgIpc) is 3.56. The van der Waals surface area contributed by atoms with Crippen molar-refractivity contribution in [2.24, 2.45) is 0 Å². The summed E-state index contributed by atoms with van der Waals surface area (Å²) in [5.41, 5.74) is 5.37. The molecule has 5 heteroatoms. The van der Waals surface area contributed by atoms with E-state index in [-0.39, 0.29) is 5.37 Å². The molecule has 2 heterocycles. The highest BCUT2D eigenvalue weighted by molar-refractivity contribution is 8.00. The van der Waals surface area contributed by atoms with Crippen molar-refractivity contribution in [3.05, 3.63) is 151 Å². The fourth-order valence-electron chi connectivity index (χ4n) is 6.26. The summed E-state index contributed by atoms with van der Waals surface area (Å²) in [5.74, 6) is 1.99. The topological polar surface area (TPSA) is 50.7 Å². The average molecular weight is 595 g/mol. The molecule has 1 aliphatic rings. The van der Waals surface area contributed by atoms with E-state index in [0.29, 0.717) is 17.5 Å². The molecule has 1 aliphatic heterocycles. The molecule has 0 fully saturated rings. The number of nitrogens with zero attached hydrogens (tertiary/aromatic N) is 3. The van der Waals surface area contributed by atoms with Gasteiger partial charge in [0, 0.05) is 27.0 Å². The summed E-state index contributed by atoms with van der Waals surface area (Å²) >= 11 is 1.88. The van der Waals surface area contributed by atoms with Gasteiger partial charge in [0.25, 0.3) is 0 Å². The van der Waals surface area contributed by atoms with Gasteiger partial charge < -0.3 is 5.32 Å². The van der Waals surface area contributed by atoms with Crippen LogP contribution in [0.3, 0.4) is 0 Å². The van der Waals surface area contributed by atoms with Crippen molar-refractivity contribution in [1.82, 2.24) is 15.0 Å². The van der Waals surface area contributed by atoms with Gasteiger partial charge in [-0.2, -0.15) is 0 Å². The minimum atomic E-state index is 0.155. The summed E-state index contributed by atoms with van der Waals surface area (Å²) in [6.45, 7) is 0. The molecule has 0 amide bonds. The van der Waals surface area contributed by atoms with Gasteiger partial charge in [0.05, 0.1) is 5.69 Å². The first-order valence-electron chi connectivity index (χ1n) is 15.1. The summed E-state index contributed by atoms with van der Waals surface area (Å²) in [4.78, 5) is 16.0. The van der Waals surface area contributed by atoms with E-state index in [1.807, 2.05) is 72.4 Å². The van der Waals surface area contributed by atoms with Crippen LogP contribution >= 0.6 is 11.8 Å². The zero-order valence-electron chi connectivity index (χ0n) is 24.2. The standard InChI is InChI=1S/C40H26N4S/c1-3-10-27(11-4-1)37-42-38(28-12-5-2-6-13-28)44-39(43-37)31-19-21-33-30(24-31)17-16-26-20-22-34-36(35(26)33)41-40(45-34)32-18-15-25-9-7-8-14-29(25)23-32/h1-24,40-41H. The number of fused-ring (bicyclic) bond motifs is 6. The van der Waals surface area contributed by atoms with Crippen LogP contribution < -0.4 is 5.32 Å². The van der Waals surface area contributed by atoms with Crippen molar-refractivity contribution >= 4 is 49.8 Å². The molecule has 1 N–H and O–H groups in total. The van der Waals surface area contributed by atoms with Crippen molar-refractivity contribution in [2.45, 2.75) is 10.3 Å². The van der Waals surface area contributed by atoms with E-state index in [1.54, 1.807) is 0 Å². The highest BCUT2D eigenvalue weighted by Crippen LogP contribution is 2.51. The lowest BCUT2D eigenvalue weighted by Gasteiger charge is -2.14. The van der Waals surface area contributed by atoms with Gasteiger partial charge in [-0.25, -0.2) is 15.0 Å². The molecule has 1 atom stereocenters. The molecule has 0 saturated carbocycles. The number of benzene rings is 7. The third-order valence-electron chi connectivity index (χ3n) is 8.52. The minimum Gasteiger partial charge on any atom is -0.368 e. The number of hydrogen-bond donors (Lipinski definition) is 1. The molecule has 0 aliphatic carbocycles. The van der Waals surface area contributed by atoms with Gasteiger partial charge in [0.1, 0.15) is 5.37 Å². The highest BCUT2D eigenvalue weighted by atomic mass is 32.2. The predicted octanol–water partition coefficient (Wildman–Crippen LogP) is 10.5. The van der Waals surface area contributed by atoms with Crippen LogP contribution in [-0.4, -0.2) is 15.0 Å². The summed E-state index contributed by atoms with van der Waals surface area (Å²) in [6, 6.07) is 51.0. The van der Waals surface area contributed by atoms with Crippen LogP contribution in [0.5, 0.6) is 0 Å². The molecule has 1 aromatic heterocycles. The largest absolute Gasteiger partial charge is 0.368 e. The molecule has 7 aromatic carbocycles. The maximum atomic E-state index is 4.95. The van der Waals surface area contributed by atoms with Crippen molar-refractivity contribution in [1.29, 1.82) is 0 Å². The van der Waals surface area contributed by atoms with Gasteiger partial charge in [-0.1, -0.05) is 139 Å². The Labute approximate surface area is 264 Å². The lowest BCUT2D eigenvalue weighted by Crippen LogP contribution is -2.01. The summed E-state index contributed by atoms with van der Waals surface area (Å²) in [7, 11) is 0. The Bertz CT molecular complexity index is 2330. The fourth-order valence-corrected chi connectivity index (χ4v) is 7.40.